The van der Waals surface area contributed by atoms with Gasteiger partial charge in [-0.25, -0.2) is 9.59 Å². The fraction of sp³-hybridized carbons (Fsp3) is 0.467. The van der Waals surface area contributed by atoms with Crippen LogP contribution in [0.15, 0.2) is 24.3 Å². The zero-order valence-corrected chi connectivity index (χ0v) is 12.0. The van der Waals surface area contributed by atoms with Crippen molar-refractivity contribution in [2.24, 2.45) is 0 Å². The predicted molar refractivity (Wildman–Crippen MR) is 78.4 cm³/mol. The molecular weight excluding hydrogens is 272 g/mol. The summed E-state index contributed by atoms with van der Waals surface area (Å²) in [6.07, 6.45) is 1.58. The SMILES string of the molecule is CC(O)C(NC(=O)N1CCCCc2ccccc21)C(=O)O. The van der Waals surface area contributed by atoms with Gasteiger partial charge in [0.25, 0.3) is 0 Å². The van der Waals surface area contributed by atoms with Crippen molar-refractivity contribution in [1.29, 1.82) is 0 Å². The number of aliphatic hydroxyl groups excluding tert-OH is 1. The Bertz CT molecular complexity index is 530. The van der Waals surface area contributed by atoms with Gasteiger partial charge in [0.15, 0.2) is 6.04 Å². The number of benzene rings is 1. The van der Waals surface area contributed by atoms with E-state index in [0.717, 1.165) is 30.5 Å². The van der Waals surface area contributed by atoms with Crippen LogP contribution in [0, 0.1) is 0 Å². The number of hydrogen-bond donors (Lipinski definition) is 3. The highest BCUT2D eigenvalue weighted by molar-refractivity contribution is 5.95. The van der Waals surface area contributed by atoms with E-state index in [4.69, 9.17) is 5.11 Å². The lowest BCUT2D eigenvalue weighted by molar-refractivity contribution is -0.141. The molecule has 0 fully saturated rings. The standard InChI is InChI=1S/C15H20N2O4/c1-10(18)13(14(19)20)16-15(21)17-9-5-4-7-11-6-2-3-8-12(11)17/h2-3,6,8,10,13,18H,4-5,7,9H2,1H3,(H,16,21)(H,19,20). The van der Waals surface area contributed by atoms with E-state index in [2.05, 4.69) is 5.32 Å². The van der Waals surface area contributed by atoms with Crippen LogP contribution >= 0.6 is 0 Å². The quantitative estimate of drug-likeness (QED) is 0.785. The van der Waals surface area contributed by atoms with Crippen molar-refractivity contribution >= 4 is 17.7 Å². The summed E-state index contributed by atoms with van der Waals surface area (Å²) >= 11 is 0. The molecule has 0 bridgehead atoms. The molecule has 6 nitrogen and oxygen atoms in total. The van der Waals surface area contributed by atoms with Crippen LogP contribution in [0.5, 0.6) is 0 Å². The lowest BCUT2D eigenvalue weighted by Gasteiger charge is -2.26. The summed E-state index contributed by atoms with van der Waals surface area (Å²) < 4.78 is 0. The van der Waals surface area contributed by atoms with Crippen LogP contribution in [0.4, 0.5) is 10.5 Å². The van der Waals surface area contributed by atoms with Crippen LogP contribution in [0.2, 0.25) is 0 Å². The number of urea groups is 1. The van der Waals surface area contributed by atoms with Crippen molar-refractivity contribution in [3.8, 4) is 0 Å². The van der Waals surface area contributed by atoms with E-state index in [-0.39, 0.29) is 0 Å². The van der Waals surface area contributed by atoms with Gasteiger partial charge in [0.1, 0.15) is 0 Å². The average Bonchev–Trinajstić information content (AvgIpc) is 2.66. The van der Waals surface area contributed by atoms with Crippen LogP contribution in [0.1, 0.15) is 25.3 Å². The summed E-state index contributed by atoms with van der Waals surface area (Å²) in [5, 5.41) is 20.9. The molecule has 21 heavy (non-hydrogen) atoms. The van der Waals surface area contributed by atoms with Crippen LogP contribution in [0.25, 0.3) is 0 Å². The van der Waals surface area contributed by atoms with Gasteiger partial charge < -0.3 is 15.5 Å². The van der Waals surface area contributed by atoms with Crippen molar-refractivity contribution in [3.05, 3.63) is 29.8 Å². The molecule has 1 aliphatic rings. The number of amides is 2. The number of fused-ring (bicyclic) bond motifs is 1. The molecule has 0 saturated heterocycles. The number of hydrogen-bond acceptors (Lipinski definition) is 3. The first-order chi connectivity index (χ1) is 10.0. The molecule has 6 heteroatoms. The van der Waals surface area contributed by atoms with Gasteiger partial charge in [0, 0.05) is 12.2 Å². The maximum absolute atomic E-state index is 12.4. The fourth-order valence-electron chi connectivity index (χ4n) is 2.50. The van der Waals surface area contributed by atoms with Gasteiger partial charge in [0.2, 0.25) is 0 Å². The molecule has 0 spiro atoms. The van der Waals surface area contributed by atoms with Gasteiger partial charge in [-0.1, -0.05) is 18.2 Å². The summed E-state index contributed by atoms with van der Waals surface area (Å²) in [7, 11) is 0. The zero-order valence-electron chi connectivity index (χ0n) is 12.0. The third kappa shape index (κ3) is 3.52. The Morgan fingerprint density at radius 2 is 2.00 bits per heavy atom. The van der Waals surface area contributed by atoms with E-state index in [1.165, 1.54) is 6.92 Å². The second-order valence-electron chi connectivity index (χ2n) is 5.24. The summed E-state index contributed by atoms with van der Waals surface area (Å²) in [5.41, 5.74) is 1.89. The Hall–Kier alpha value is -2.08. The molecule has 3 N–H and O–H groups in total. The molecule has 1 aromatic carbocycles. The van der Waals surface area contributed by atoms with Crippen LogP contribution < -0.4 is 10.2 Å². The molecule has 2 unspecified atom stereocenters. The smallest absolute Gasteiger partial charge is 0.328 e. The number of aliphatic carboxylic acids is 1. The number of nitrogens with zero attached hydrogens (tertiary/aromatic N) is 1. The maximum Gasteiger partial charge on any atom is 0.328 e. The van der Waals surface area contributed by atoms with Crippen molar-refractivity contribution in [3.63, 3.8) is 0 Å². The highest BCUT2D eigenvalue weighted by Gasteiger charge is 2.28. The Morgan fingerprint density at radius 1 is 1.29 bits per heavy atom. The van der Waals surface area contributed by atoms with Gasteiger partial charge >= 0.3 is 12.0 Å². The van der Waals surface area contributed by atoms with Crippen molar-refractivity contribution in [2.75, 3.05) is 11.4 Å². The van der Waals surface area contributed by atoms with Gasteiger partial charge in [-0.2, -0.15) is 0 Å². The Labute approximate surface area is 123 Å². The summed E-state index contributed by atoms with van der Waals surface area (Å²) in [6, 6.07) is 5.82. The molecule has 2 atom stereocenters. The highest BCUT2D eigenvalue weighted by atomic mass is 16.4. The molecule has 0 aliphatic carbocycles. The minimum absolute atomic E-state index is 0.488. The fourth-order valence-corrected chi connectivity index (χ4v) is 2.50. The molecule has 1 aromatic rings. The Kier molecular flexibility index (Phi) is 4.80. The largest absolute Gasteiger partial charge is 0.480 e. The maximum atomic E-state index is 12.4. The first-order valence-corrected chi connectivity index (χ1v) is 7.07. The van der Waals surface area contributed by atoms with Crippen molar-refractivity contribution in [2.45, 2.75) is 38.3 Å². The Morgan fingerprint density at radius 3 is 2.67 bits per heavy atom. The van der Waals surface area contributed by atoms with E-state index in [1.807, 2.05) is 24.3 Å². The number of carbonyl (C=O) groups is 2. The number of anilines is 1. The molecule has 0 saturated carbocycles. The third-order valence-corrected chi connectivity index (χ3v) is 3.63. The molecule has 114 valence electrons. The number of aryl methyl sites for hydroxylation is 1. The molecule has 1 heterocycles. The first kappa shape index (κ1) is 15.3. The number of rotatable bonds is 3. The zero-order chi connectivity index (χ0) is 15.4. The molecule has 0 radical (unpaired) electrons. The van der Waals surface area contributed by atoms with Gasteiger partial charge in [-0.05, 0) is 37.8 Å². The van der Waals surface area contributed by atoms with Crippen molar-refractivity contribution in [1.82, 2.24) is 5.32 Å². The molecule has 0 aromatic heterocycles. The van der Waals surface area contributed by atoms with Crippen LogP contribution in [-0.2, 0) is 11.2 Å². The number of nitrogens with one attached hydrogen (secondary N) is 1. The lowest BCUT2D eigenvalue weighted by atomic mass is 10.1. The van der Waals surface area contributed by atoms with E-state index < -0.39 is 24.1 Å². The number of aliphatic hydroxyl groups is 1. The average molecular weight is 292 g/mol. The third-order valence-electron chi connectivity index (χ3n) is 3.63. The van der Waals surface area contributed by atoms with E-state index >= 15 is 0 Å². The first-order valence-electron chi connectivity index (χ1n) is 7.07. The topological polar surface area (TPSA) is 89.9 Å². The minimum Gasteiger partial charge on any atom is -0.480 e. The number of carboxylic acids is 1. The van der Waals surface area contributed by atoms with Crippen LogP contribution in [-0.4, -0.2) is 40.9 Å². The summed E-state index contributed by atoms with van der Waals surface area (Å²) in [5.74, 6) is -1.25. The second-order valence-corrected chi connectivity index (χ2v) is 5.24. The molecule has 1 aliphatic heterocycles. The normalized spacial score (nSPS) is 17.3. The second kappa shape index (κ2) is 6.58. The minimum atomic E-state index is -1.31. The summed E-state index contributed by atoms with van der Waals surface area (Å²) in [4.78, 5) is 25.0. The number of para-hydroxylation sites is 1. The van der Waals surface area contributed by atoms with E-state index in [1.54, 1.807) is 4.90 Å². The highest BCUT2D eigenvalue weighted by Crippen LogP contribution is 2.26. The number of carboxylic acid groups (broad SMARTS) is 1. The number of carbonyl (C=O) groups excluding carboxylic acids is 1. The van der Waals surface area contributed by atoms with E-state index in [9.17, 15) is 14.7 Å². The summed E-state index contributed by atoms with van der Waals surface area (Å²) in [6.45, 7) is 1.88. The molecule has 2 rings (SSSR count). The van der Waals surface area contributed by atoms with Gasteiger partial charge in [-0.3, -0.25) is 4.90 Å². The van der Waals surface area contributed by atoms with Gasteiger partial charge in [-0.15, -0.1) is 0 Å². The monoisotopic (exact) mass is 292 g/mol. The molecular formula is C15H20N2O4. The lowest BCUT2D eigenvalue weighted by Crippen LogP contribution is -2.52. The Balaban J connectivity index is 2.20. The van der Waals surface area contributed by atoms with E-state index in [0.29, 0.717) is 6.54 Å². The van der Waals surface area contributed by atoms with Gasteiger partial charge in [0.05, 0.1) is 6.10 Å². The molecule has 2 amide bonds. The predicted octanol–water partition coefficient (Wildman–Crippen LogP) is 1.37. The van der Waals surface area contributed by atoms with Crippen LogP contribution in [0.3, 0.4) is 0 Å². The van der Waals surface area contributed by atoms with Crippen molar-refractivity contribution < 1.29 is 19.8 Å².